The summed E-state index contributed by atoms with van der Waals surface area (Å²) in [4.78, 5) is 16.4. The molecule has 28 heavy (non-hydrogen) atoms. The fourth-order valence-electron chi connectivity index (χ4n) is 3.17. The highest BCUT2D eigenvalue weighted by atomic mass is 16.5. The molecule has 1 N–H and O–H groups in total. The Balaban J connectivity index is 1.59. The van der Waals surface area contributed by atoms with E-state index in [1.54, 1.807) is 31.5 Å². The predicted molar refractivity (Wildman–Crippen MR) is 106 cm³/mol. The summed E-state index contributed by atoms with van der Waals surface area (Å²) in [7, 11) is 1.60. The van der Waals surface area contributed by atoms with Crippen molar-refractivity contribution in [3.63, 3.8) is 0 Å². The molecule has 0 spiro atoms. The number of nitrogens with zero attached hydrogens (tertiary/aromatic N) is 3. The van der Waals surface area contributed by atoms with Gasteiger partial charge in [0.05, 0.1) is 26.8 Å². The molecule has 3 rings (SSSR count). The molecule has 7 heteroatoms. The maximum absolute atomic E-state index is 12.5. The standard InChI is InChI=1S/C21H26N3O4/c1-3-28-18-9-7-17(16-19(18)27-2)8-10-21(25)23-14-12-22(13-15-23)20-6-4-5-11-24(20)26/h4-11,16,26H,3,12-15H2,1-2H3/q+1/b10-8+. The molecule has 1 aliphatic heterocycles. The zero-order valence-electron chi connectivity index (χ0n) is 16.2. The van der Waals surface area contributed by atoms with E-state index >= 15 is 0 Å². The first-order valence-electron chi connectivity index (χ1n) is 9.35. The van der Waals surface area contributed by atoms with E-state index in [4.69, 9.17) is 9.47 Å². The number of pyridine rings is 1. The molecule has 1 fully saturated rings. The van der Waals surface area contributed by atoms with Crippen molar-refractivity contribution in [2.24, 2.45) is 0 Å². The van der Waals surface area contributed by atoms with Crippen molar-refractivity contribution in [3.8, 4) is 11.5 Å². The second-order valence-electron chi connectivity index (χ2n) is 6.39. The summed E-state index contributed by atoms with van der Waals surface area (Å²) < 4.78 is 12.0. The van der Waals surface area contributed by atoms with Crippen LogP contribution >= 0.6 is 0 Å². The van der Waals surface area contributed by atoms with E-state index in [0.717, 1.165) is 16.1 Å². The van der Waals surface area contributed by atoms with Gasteiger partial charge < -0.3 is 19.6 Å². The van der Waals surface area contributed by atoms with Crippen molar-refractivity contribution >= 4 is 17.8 Å². The van der Waals surface area contributed by atoms with Gasteiger partial charge in [-0.1, -0.05) is 16.9 Å². The molecule has 0 radical (unpaired) electrons. The van der Waals surface area contributed by atoms with Gasteiger partial charge in [0.15, 0.2) is 11.5 Å². The number of benzene rings is 1. The Morgan fingerprint density at radius 3 is 2.64 bits per heavy atom. The summed E-state index contributed by atoms with van der Waals surface area (Å²) in [6.45, 7) is 5.02. The quantitative estimate of drug-likeness (QED) is 0.469. The average Bonchev–Trinajstić information content (AvgIpc) is 2.73. The molecule has 7 nitrogen and oxygen atoms in total. The van der Waals surface area contributed by atoms with Crippen LogP contribution in [0, 0.1) is 0 Å². The van der Waals surface area contributed by atoms with Gasteiger partial charge in [0.2, 0.25) is 5.91 Å². The van der Waals surface area contributed by atoms with E-state index in [2.05, 4.69) is 4.90 Å². The number of anilines is 1. The Hall–Kier alpha value is -3.22. The van der Waals surface area contributed by atoms with Gasteiger partial charge in [-0.3, -0.25) is 9.69 Å². The number of piperazine rings is 1. The van der Waals surface area contributed by atoms with Crippen LogP contribution in [0.3, 0.4) is 0 Å². The molecule has 1 saturated heterocycles. The number of amides is 1. The molecule has 0 bridgehead atoms. The van der Waals surface area contributed by atoms with Crippen LogP contribution in [0.2, 0.25) is 0 Å². The molecule has 1 aromatic heterocycles. The van der Waals surface area contributed by atoms with E-state index in [1.165, 1.54) is 0 Å². The molecular formula is C21H26N3O4+. The van der Waals surface area contributed by atoms with Gasteiger partial charge in [0.1, 0.15) is 19.3 Å². The second kappa shape index (κ2) is 9.12. The third-order valence-electron chi connectivity index (χ3n) is 4.64. The lowest BCUT2D eigenvalue weighted by Crippen LogP contribution is -2.51. The van der Waals surface area contributed by atoms with Gasteiger partial charge in [0.25, 0.3) is 0 Å². The summed E-state index contributed by atoms with van der Waals surface area (Å²) in [5.74, 6) is 2.03. The molecule has 2 heterocycles. The highest BCUT2D eigenvalue weighted by Crippen LogP contribution is 2.28. The van der Waals surface area contributed by atoms with Crippen LogP contribution < -0.4 is 19.1 Å². The topological polar surface area (TPSA) is 66.1 Å². The summed E-state index contributed by atoms with van der Waals surface area (Å²) in [6, 6.07) is 11.1. The Kier molecular flexibility index (Phi) is 6.37. The number of rotatable bonds is 6. The molecule has 0 atom stereocenters. The molecule has 1 aliphatic rings. The zero-order chi connectivity index (χ0) is 19.9. The summed E-state index contributed by atoms with van der Waals surface area (Å²) >= 11 is 0. The molecule has 0 unspecified atom stereocenters. The van der Waals surface area contributed by atoms with Gasteiger partial charge in [-0.2, -0.15) is 0 Å². The minimum absolute atomic E-state index is 0.0301. The van der Waals surface area contributed by atoms with Crippen molar-refractivity contribution in [2.45, 2.75) is 6.92 Å². The van der Waals surface area contributed by atoms with Crippen molar-refractivity contribution in [1.82, 2.24) is 4.90 Å². The van der Waals surface area contributed by atoms with Crippen molar-refractivity contribution < 1.29 is 24.2 Å². The molecule has 0 aliphatic carbocycles. The Morgan fingerprint density at radius 1 is 1.18 bits per heavy atom. The molecule has 2 aromatic rings. The lowest BCUT2D eigenvalue weighted by atomic mass is 10.2. The first-order valence-corrected chi connectivity index (χ1v) is 9.35. The highest BCUT2D eigenvalue weighted by molar-refractivity contribution is 5.92. The average molecular weight is 384 g/mol. The lowest BCUT2D eigenvalue weighted by Gasteiger charge is -2.30. The first-order chi connectivity index (χ1) is 13.6. The monoisotopic (exact) mass is 384 g/mol. The van der Waals surface area contributed by atoms with Crippen LogP contribution in [0.1, 0.15) is 12.5 Å². The van der Waals surface area contributed by atoms with Crippen LogP contribution in [-0.2, 0) is 4.79 Å². The molecular weight excluding hydrogens is 358 g/mol. The van der Waals surface area contributed by atoms with Crippen LogP contribution in [-0.4, -0.2) is 55.9 Å². The first kappa shape index (κ1) is 19.5. The van der Waals surface area contributed by atoms with Gasteiger partial charge in [-0.05, 0) is 36.8 Å². The highest BCUT2D eigenvalue weighted by Gasteiger charge is 2.26. The van der Waals surface area contributed by atoms with E-state index in [9.17, 15) is 10.0 Å². The number of hydrogen-bond acceptors (Lipinski definition) is 5. The molecule has 148 valence electrons. The largest absolute Gasteiger partial charge is 0.493 e. The van der Waals surface area contributed by atoms with E-state index < -0.39 is 0 Å². The zero-order valence-corrected chi connectivity index (χ0v) is 16.2. The van der Waals surface area contributed by atoms with Gasteiger partial charge >= 0.3 is 5.82 Å². The Labute approximate surface area is 165 Å². The van der Waals surface area contributed by atoms with Gasteiger partial charge in [0, 0.05) is 12.1 Å². The van der Waals surface area contributed by atoms with Crippen molar-refractivity contribution in [1.29, 1.82) is 0 Å². The van der Waals surface area contributed by atoms with Crippen LogP contribution in [0.25, 0.3) is 6.08 Å². The molecule has 1 aromatic carbocycles. The van der Waals surface area contributed by atoms with Crippen molar-refractivity contribution in [3.05, 3.63) is 54.2 Å². The summed E-state index contributed by atoms with van der Waals surface area (Å²) in [5, 5.41) is 9.91. The van der Waals surface area contributed by atoms with Gasteiger partial charge in [-0.15, -0.1) is 0 Å². The normalized spacial score (nSPS) is 14.4. The third-order valence-corrected chi connectivity index (χ3v) is 4.64. The smallest absolute Gasteiger partial charge is 0.316 e. The Bertz CT molecular complexity index is 845. The second-order valence-corrected chi connectivity index (χ2v) is 6.39. The van der Waals surface area contributed by atoms with E-state index in [1.807, 2.05) is 42.2 Å². The maximum Gasteiger partial charge on any atom is 0.316 e. The SMILES string of the molecule is CCOc1ccc(/C=C/C(=O)N2CCN(c3cccc[n+]3O)CC2)cc1OC. The Morgan fingerprint density at radius 2 is 1.96 bits per heavy atom. The fraction of sp³-hybridized carbons (Fsp3) is 0.333. The number of aromatic nitrogens is 1. The number of methoxy groups -OCH3 is 1. The maximum atomic E-state index is 12.5. The molecule has 1 amide bonds. The summed E-state index contributed by atoms with van der Waals surface area (Å²) in [6.07, 6.45) is 4.96. The minimum atomic E-state index is -0.0301. The third kappa shape index (κ3) is 4.54. The van der Waals surface area contributed by atoms with Crippen LogP contribution in [0.5, 0.6) is 11.5 Å². The predicted octanol–water partition coefficient (Wildman–Crippen LogP) is 1.98. The van der Waals surface area contributed by atoms with Crippen LogP contribution in [0.15, 0.2) is 48.7 Å². The van der Waals surface area contributed by atoms with Crippen LogP contribution in [0.4, 0.5) is 5.82 Å². The van der Waals surface area contributed by atoms with Gasteiger partial charge in [-0.25, -0.2) is 0 Å². The number of carbonyl (C=O) groups excluding carboxylic acids is 1. The fourth-order valence-corrected chi connectivity index (χ4v) is 3.17. The number of ether oxygens (including phenoxy) is 2. The lowest BCUT2D eigenvalue weighted by molar-refractivity contribution is -0.894. The van der Waals surface area contributed by atoms with E-state index in [-0.39, 0.29) is 5.91 Å². The molecule has 0 saturated carbocycles. The minimum Gasteiger partial charge on any atom is -0.493 e. The number of hydrogen-bond donors (Lipinski definition) is 1. The van der Waals surface area contributed by atoms with E-state index in [0.29, 0.717) is 44.3 Å². The summed E-state index contributed by atoms with van der Waals surface area (Å²) in [5.41, 5.74) is 0.873. The number of carbonyl (C=O) groups is 1. The van der Waals surface area contributed by atoms with Crippen molar-refractivity contribution in [2.75, 3.05) is 44.8 Å².